The van der Waals surface area contributed by atoms with Crippen molar-refractivity contribution in [3.8, 4) is 17.2 Å². The maximum atomic E-state index is 12.8. The topological polar surface area (TPSA) is 88.3 Å². The Kier molecular flexibility index (Phi) is 8.25. The maximum absolute atomic E-state index is 12.8. The second kappa shape index (κ2) is 11.3. The molecule has 1 saturated heterocycles. The van der Waals surface area contributed by atoms with Crippen LogP contribution in [0.4, 0.5) is 11.4 Å². The van der Waals surface area contributed by atoms with Gasteiger partial charge < -0.3 is 30.1 Å². The van der Waals surface area contributed by atoms with Gasteiger partial charge in [-0.2, -0.15) is 0 Å². The van der Waals surface area contributed by atoms with Crippen LogP contribution in [-0.2, 0) is 0 Å². The van der Waals surface area contributed by atoms with Crippen molar-refractivity contribution in [2.24, 2.45) is 0 Å². The Hall–Kier alpha value is -3.35. The number of benzene rings is 2. The average Bonchev–Trinajstić information content (AvgIpc) is 2.82. The van der Waals surface area contributed by atoms with Gasteiger partial charge in [0.1, 0.15) is 0 Å². The molecule has 0 amide bonds. The third-order valence-corrected chi connectivity index (χ3v) is 5.26. The van der Waals surface area contributed by atoms with Gasteiger partial charge in [0.15, 0.2) is 17.3 Å². The van der Waals surface area contributed by atoms with E-state index in [9.17, 15) is 9.90 Å². The molecule has 1 aliphatic heterocycles. The minimum atomic E-state index is -0.159. The van der Waals surface area contributed by atoms with Crippen LogP contribution in [0.25, 0.3) is 0 Å². The molecule has 7 heteroatoms. The highest BCUT2D eigenvalue weighted by Crippen LogP contribution is 2.38. The molecule has 0 spiro atoms. The van der Waals surface area contributed by atoms with E-state index in [-0.39, 0.29) is 23.0 Å². The Morgan fingerprint density at radius 2 is 1.56 bits per heavy atom. The Bertz CT molecular complexity index is 890. The van der Waals surface area contributed by atoms with E-state index in [2.05, 4.69) is 9.80 Å². The summed E-state index contributed by atoms with van der Waals surface area (Å²) in [6, 6.07) is 11.0. The number of phenols is 1. The molecule has 2 aromatic carbocycles. The number of phenolic OH excluding ortho intramolecular Hbond substituents is 1. The number of hydrogen-bond acceptors (Lipinski definition) is 7. The molecule has 172 valence electrons. The summed E-state index contributed by atoms with van der Waals surface area (Å²) in [6.07, 6.45) is 5.00. The van der Waals surface area contributed by atoms with E-state index >= 15 is 0 Å². The number of aromatic hydroxyl groups is 1. The molecule has 7 nitrogen and oxygen atoms in total. The van der Waals surface area contributed by atoms with Crippen LogP contribution in [0.15, 0.2) is 48.7 Å². The van der Waals surface area contributed by atoms with Crippen molar-refractivity contribution < 1.29 is 19.4 Å². The summed E-state index contributed by atoms with van der Waals surface area (Å²) in [5.74, 6) is 0.323. The average molecular weight is 440 g/mol. The standard InChI is InChI=1S/C25H33N3O4/c1-3-15-31-23-17-19(18-24(25(23)30)32-16-4-2)22(29)9-10-27-11-13-28(14-12-27)21-7-5-20(26)6-8-21/h5-10,17-18,30H,3-4,11-16,26H2,1-2H3. The molecule has 3 N–H and O–H groups in total. The second-order valence-corrected chi connectivity index (χ2v) is 7.81. The minimum Gasteiger partial charge on any atom is -0.502 e. The maximum Gasteiger partial charge on any atom is 0.200 e. The van der Waals surface area contributed by atoms with Crippen molar-refractivity contribution >= 4 is 17.2 Å². The number of allylic oxidation sites excluding steroid dienone is 1. The fourth-order valence-electron chi connectivity index (χ4n) is 3.45. The van der Waals surface area contributed by atoms with Crippen molar-refractivity contribution in [3.05, 3.63) is 54.2 Å². The van der Waals surface area contributed by atoms with Crippen LogP contribution >= 0.6 is 0 Å². The molecule has 1 aliphatic rings. The molecule has 3 rings (SSSR count). The number of piperazine rings is 1. The number of rotatable bonds is 10. The summed E-state index contributed by atoms with van der Waals surface area (Å²) in [6.45, 7) is 8.24. The lowest BCUT2D eigenvalue weighted by molar-refractivity contribution is 0.104. The van der Waals surface area contributed by atoms with Crippen LogP contribution in [-0.4, -0.2) is 55.2 Å². The molecule has 32 heavy (non-hydrogen) atoms. The molecule has 0 radical (unpaired) electrons. The Labute approximate surface area is 190 Å². The quantitative estimate of drug-likeness (QED) is 0.328. The summed E-state index contributed by atoms with van der Waals surface area (Å²) in [4.78, 5) is 17.3. The third kappa shape index (κ3) is 6.09. The van der Waals surface area contributed by atoms with Crippen molar-refractivity contribution in [1.82, 2.24) is 4.90 Å². The predicted octanol–water partition coefficient (Wildman–Crippen LogP) is 4.07. The zero-order valence-corrected chi connectivity index (χ0v) is 18.9. The van der Waals surface area contributed by atoms with Crippen LogP contribution < -0.4 is 20.1 Å². The van der Waals surface area contributed by atoms with Gasteiger partial charge in [-0.15, -0.1) is 0 Å². The number of nitrogen functional groups attached to an aromatic ring is 1. The SMILES string of the molecule is CCCOc1cc(C(=O)C=CN2CCN(c3ccc(N)cc3)CC2)cc(OCCC)c1O. The molecule has 1 heterocycles. The van der Waals surface area contributed by atoms with Crippen LogP contribution in [0.1, 0.15) is 37.0 Å². The zero-order valence-electron chi connectivity index (χ0n) is 18.9. The largest absolute Gasteiger partial charge is 0.502 e. The molecule has 2 aromatic rings. The fraction of sp³-hybridized carbons (Fsp3) is 0.400. The first-order valence-electron chi connectivity index (χ1n) is 11.2. The second-order valence-electron chi connectivity index (χ2n) is 7.81. The number of carbonyl (C=O) groups excluding carboxylic acids is 1. The number of hydrogen-bond donors (Lipinski definition) is 2. The number of nitrogens with zero attached hydrogens (tertiary/aromatic N) is 2. The van der Waals surface area contributed by atoms with Crippen LogP contribution in [0.5, 0.6) is 17.2 Å². The van der Waals surface area contributed by atoms with E-state index in [0.29, 0.717) is 18.8 Å². The lowest BCUT2D eigenvalue weighted by Gasteiger charge is -2.35. The van der Waals surface area contributed by atoms with Crippen molar-refractivity contribution in [2.45, 2.75) is 26.7 Å². The van der Waals surface area contributed by atoms with Gasteiger partial charge in [-0.05, 0) is 49.2 Å². The van der Waals surface area contributed by atoms with Crippen LogP contribution in [0, 0.1) is 0 Å². The van der Waals surface area contributed by atoms with Gasteiger partial charge in [-0.25, -0.2) is 0 Å². The number of nitrogens with two attached hydrogens (primary N) is 1. The number of ketones is 1. The van der Waals surface area contributed by atoms with Gasteiger partial charge in [-0.1, -0.05) is 13.8 Å². The highest BCUT2D eigenvalue weighted by molar-refractivity contribution is 6.05. The molecular formula is C25H33N3O4. The monoisotopic (exact) mass is 439 g/mol. The minimum absolute atomic E-state index is 0.0637. The van der Waals surface area contributed by atoms with Gasteiger partial charge in [0.2, 0.25) is 5.75 Å². The Balaban J connectivity index is 1.64. The van der Waals surface area contributed by atoms with Gasteiger partial charge in [0.05, 0.1) is 13.2 Å². The van der Waals surface area contributed by atoms with Crippen molar-refractivity contribution in [2.75, 3.05) is 50.0 Å². The smallest absolute Gasteiger partial charge is 0.200 e. The van der Waals surface area contributed by atoms with E-state index in [1.807, 2.05) is 44.3 Å². The first kappa shape index (κ1) is 23.3. The molecule has 0 unspecified atom stereocenters. The van der Waals surface area contributed by atoms with Gasteiger partial charge in [0.25, 0.3) is 0 Å². The summed E-state index contributed by atoms with van der Waals surface area (Å²) < 4.78 is 11.2. The van der Waals surface area contributed by atoms with E-state index in [4.69, 9.17) is 15.2 Å². The molecule has 0 bridgehead atoms. The number of ether oxygens (including phenoxy) is 2. The zero-order chi connectivity index (χ0) is 22.9. The molecule has 0 atom stereocenters. The molecule has 0 saturated carbocycles. The number of anilines is 2. The highest BCUT2D eigenvalue weighted by Gasteiger charge is 2.17. The van der Waals surface area contributed by atoms with E-state index in [1.54, 1.807) is 18.2 Å². The Morgan fingerprint density at radius 3 is 2.09 bits per heavy atom. The van der Waals surface area contributed by atoms with Gasteiger partial charge in [-0.3, -0.25) is 4.79 Å². The van der Waals surface area contributed by atoms with Crippen molar-refractivity contribution in [3.63, 3.8) is 0 Å². The molecule has 0 aliphatic carbocycles. The lowest BCUT2D eigenvalue weighted by atomic mass is 10.1. The van der Waals surface area contributed by atoms with Crippen molar-refractivity contribution in [1.29, 1.82) is 0 Å². The molecular weight excluding hydrogens is 406 g/mol. The summed E-state index contributed by atoms with van der Waals surface area (Å²) >= 11 is 0. The Morgan fingerprint density at radius 1 is 1.00 bits per heavy atom. The fourth-order valence-corrected chi connectivity index (χ4v) is 3.45. The molecule has 1 fully saturated rings. The highest BCUT2D eigenvalue weighted by atomic mass is 16.5. The van der Waals surface area contributed by atoms with E-state index < -0.39 is 0 Å². The lowest BCUT2D eigenvalue weighted by Crippen LogP contribution is -2.44. The summed E-state index contributed by atoms with van der Waals surface area (Å²) in [5, 5.41) is 10.4. The predicted molar refractivity (Wildman–Crippen MR) is 128 cm³/mol. The molecule has 0 aromatic heterocycles. The number of carbonyl (C=O) groups is 1. The van der Waals surface area contributed by atoms with Gasteiger partial charge in [0, 0.05) is 55.4 Å². The van der Waals surface area contributed by atoms with E-state index in [0.717, 1.165) is 50.4 Å². The van der Waals surface area contributed by atoms with Crippen LogP contribution in [0.3, 0.4) is 0 Å². The third-order valence-electron chi connectivity index (χ3n) is 5.26. The summed E-state index contributed by atoms with van der Waals surface area (Å²) in [5.41, 5.74) is 8.11. The normalized spacial score (nSPS) is 14.1. The first-order chi connectivity index (χ1) is 15.5. The van der Waals surface area contributed by atoms with E-state index in [1.165, 1.54) is 0 Å². The summed E-state index contributed by atoms with van der Waals surface area (Å²) in [7, 11) is 0. The first-order valence-corrected chi connectivity index (χ1v) is 11.2. The van der Waals surface area contributed by atoms with Crippen LogP contribution in [0.2, 0.25) is 0 Å². The van der Waals surface area contributed by atoms with Gasteiger partial charge >= 0.3 is 0 Å².